The van der Waals surface area contributed by atoms with Gasteiger partial charge in [0.15, 0.2) is 12.2 Å². The molecule has 1 fully saturated rings. The number of likely N-dealkylation sites (N-methyl/N-ethyl adjacent to an activating group) is 1. The lowest BCUT2D eigenvalue weighted by Gasteiger charge is -2.21. The maximum Gasteiger partial charge on any atom is 0.256 e. The molecular formula is C23H27N3O4. The van der Waals surface area contributed by atoms with Crippen molar-refractivity contribution in [3.63, 3.8) is 0 Å². The highest BCUT2D eigenvalue weighted by Crippen LogP contribution is 2.24. The van der Waals surface area contributed by atoms with E-state index in [1.807, 2.05) is 54.6 Å². The Labute approximate surface area is 176 Å². The van der Waals surface area contributed by atoms with Crippen LogP contribution in [0.3, 0.4) is 0 Å². The van der Waals surface area contributed by atoms with Gasteiger partial charge in [0.1, 0.15) is 6.04 Å². The van der Waals surface area contributed by atoms with Crippen molar-refractivity contribution in [2.24, 2.45) is 0 Å². The van der Waals surface area contributed by atoms with E-state index in [2.05, 4.69) is 17.6 Å². The molecule has 0 unspecified atom stereocenters. The molecule has 3 rings (SSSR count). The van der Waals surface area contributed by atoms with Crippen LogP contribution in [0.25, 0.3) is 0 Å². The molecule has 3 amide bonds. The summed E-state index contributed by atoms with van der Waals surface area (Å²) in [5.74, 6) is -1.06. The summed E-state index contributed by atoms with van der Waals surface area (Å²) in [7, 11) is 3.28. The first-order chi connectivity index (χ1) is 14.4. The van der Waals surface area contributed by atoms with Crippen LogP contribution in [-0.2, 0) is 32.0 Å². The van der Waals surface area contributed by atoms with Crippen LogP contribution in [0.2, 0.25) is 0 Å². The van der Waals surface area contributed by atoms with Crippen LogP contribution >= 0.6 is 0 Å². The van der Waals surface area contributed by atoms with Gasteiger partial charge in [0.25, 0.3) is 11.8 Å². The lowest BCUT2D eigenvalue weighted by molar-refractivity contribution is -0.134. The number of hydrogen-bond donors (Lipinski definition) is 2. The van der Waals surface area contributed by atoms with Crippen molar-refractivity contribution in [3.05, 3.63) is 65.7 Å². The summed E-state index contributed by atoms with van der Waals surface area (Å²) in [5, 5.41) is 5.49. The summed E-state index contributed by atoms with van der Waals surface area (Å²) < 4.78 is 5.30. The molecule has 0 aliphatic carbocycles. The van der Waals surface area contributed by atoms with Crippen LogP contribution in [0.4, 0.5) is 5.69 Å². The highest BCUT2D eigenvalue weighted by Gasteiger charge is 2.51. The van der Waals surface area contributed by atoms with Crippen molar-refractivity contribution < 1.29 is 19.1 Å². The molecule has 0 spiro atoms. The fraction of sp³-hybridized carbons (Fsp3) is 0.348. The molecule has 0 bridgehead atoms. The van der Waals surface area contributed by atoms with E-state index < -0.39 is 24.2 Å². The SMILES string of the molecule is CCc1ccc(NC(=O)[C@H]2O[C@@H]2C(=O)N[C@@H](Cc2ccccc2)C(=O)N(C)C)cc1. The standard InChI is InChI=1S/C23H27N3O4/c1-4-15-10-12-17(13-11-15)24-21(27)19-20(30-19)22(28)25-18(23(29)26(2)3)14-16-8-6-5-7-9-16/h5-13,18-20H,4,14H2,1-3H3,(H,24,27)(H,25,28)/t18-,19-,20-/m0/s1. The second-order valence-electron chi connectivity index (χ2n) is 7.50. The molecule has 3 atom stereocenters. The Hall–Kier alpha value is -3.19. The van der Waals surface area contributed by atoms with Gasteiger partial charge in [0.05, 0.1) is 0 Å². The number of nitrogens with one attached hydrogen (secondary N) is 2. The zero-order chi connectivity index (χ0) is 21.7. The quantitative estimate of drug-likeness (QED) is 0.650. The fourth-order valence-corrected chi connectivity index (χ4v) is 3.16. The first kappa shape index (κ1) is 21.5. The minimum atomic E-state index is -0.895. The molecular weight excluding hydrogens is 382 g/mol. The van der Waals surface area contributed by atoms with Crippen LogP contribution in [0.1, 0.15) is 18.1 Å². The predicted molar refractivity (Wildman–Crippen MR) is 114 cm³/mol. The normalized spacial score (nSPS) is 18.2. The smallest absolute Gasteiger partial charge is 0.256 e. The zero-order valence-corrected chi connectivity index (χ0v) is 17.4. The third-order valence-corrected chi connectivity index (χ3v) is 4.98. The number of benzene rings is 2. The largest absolute Gasteiger partial charge is 0.349 e. The first-order valence-corrected chi connectivity index (χ1v) is 9.99. The van der Waals surface area contributed by atoms with Gasteiger partial charge in [-0.05, 0) is 29.7 Å². The van der Waals surface area contributed by atoms with E-state index in [1.54, 1.807) is 14.1 Å². The van der Waals surface area contributed by atoms with Crippen molar-refractivity contribution in [2.45, 2.75) is 38.0 Å². The molecule has 2 aromatic rings. The number of rotatable bonds is 8. The van der Waals surface area contributed by atoms with Gasteiger partial charge in [-0.15, -0.1) is 0 Å². The summed E-state index contributed by atoms with van der Waals surface area (Å²) in [6.07, 6.45) is -0.481. The van der Waals surface area contributed by atoms with Gasteiger partial charge < -0.3 is 20.3 Å². The number of ether oxygens (including phenoxy) is 1. The molecule has 30 heavy (non-hydrogen) atoms. The average Bonchev–Trinajstić information content (AvgIpc) is 3.55. The van der Waals surface area contributed by atoms with Crippen LogP contribution in [0, 0.1) is 0 Å². The van der Waals surface area contributed by atoms with Crippen LogP contribution in [-0.4, -0.2) is 55.0 Å². The third kappa shape index (κ3) is 5.45. The second kappa shape index (κ2) is 9.54. The molecule has 2 N–H and O–H groups in total. The van der Waals surface area contributed by atoms with Crippen molar-refractivity contribution >= 4 is 23.4 Å². The first-order valence-electron chi connectivity index (χ1n) is 9.99. The van der Waals surface area contributed by atoms with Crippen molar-refractivity contribution in [2.75, 3.05) is 19.4 Å². The highest BCUT2D eigenvalue weighted by atomic mass is 16.6. The number of hydrogen-bond acceptors (Lipinski definition) is 4. The minimum absolute atomic E-state index is 0.218. The van der Waals surface area contributed by atoms with Crippen LogP contribution < -0.4 is 10.6 Å². The van der Waals surface area contributed by atoms with E-state index >= 15 is 0 Å². The van der Waals surface area contributed by atoms with Crippen molar-refractivity contribution in [3.8, 4) is 0 Å². The molecule has 2 aromatic carbocycles. The number of epoxide rings is 1. The van der Waals surface area contributed by atoms with Gasteiger partial charge in [-0.1, -0.05) is 49.4 Å². The predicted octanol–water partition coefficient (Wildman–Crippen LogP) is 1.77. The topological polar surface area (TPSA) is 91.0 Å². The number of aryl methyl sites for hydroxylation is 1. The summed E-state index contributed by atoms with van der Waals surface area (Å²) in [6.45, 7) is 2.06. The van der Waals surface area contributed by atoms with E-state index in [4.69, 9.17) is 4.74 Å². The third-order valence-electron chi connectivity index (χ3n) is 4.98. The summed E-state index contributed by atoms with van der Waals surface area (Å²) in [6, 6.07) is 16.2. The van der Waals surface area contributed by atoms with E-state index in [-0.39, 0.29) is 11.8 Å². The Bertz CT molecular complexity index is 896. The lowest BCUT2D eigenvalue weighted by atomic mass is 10.0. The maximum atomic E-state index is 12.6. The number of carbonyl (C=O) groups excluding carboxylic acids is 3. The monoisotopic (exact) mass is 409 g/mol. The summed E-state index contributed by atoms with van der Waals surface area (Å²) in [4.78, 5) is 38.9. The Morgan fingerprint density at radius 3 is 2.17 bits per heavy atom. The van der Waals surface area contributed by atoms with Gasteiger partial charge in [0, 0.05) is 26.2 Å². The van der Waals surface area contributed by atoms with Crippen molar-refractivity contribution in [1.82, 2.24) is 10.2 Å². The molecule has 7 heteroatoms. The van der Waals surface area contributed by atoms with E-state index in [9.17, 15) is 14.4 Å². The average molecular weight is 409 g/mol. The Balaban J connectivity index is 1.58. The molecule has 1 saturated heterocycles. The van der Waals surface area contributed by atoms with Crippen LogP contribution in [0.15, 0.2) is 54.6 Å². The molecule has 7 nitrogen and oxygen atoms in total. The minimum Gasteiger partial charge on any atom is -0.349 e. The zero-order valence-electron chi connectivity index (χ0n) is 17.4. The fourth-order valence-electron chi connectivity index (χ4n) is 3.16. The van der Waals surface area contributed by atoms with Gasteiger partial charge in [-0.25, -0.2) is 0 Å². The van der Waals surface area contributed by atoms with E-state index in [0.29, 0.717) is 12.1 Å². The Morgan fingerprint density at radius 2 is 1.57 bits per heavy atom. The van der Waals surface area contributed by atoms with Crippen molar-refractivity contribution in [1.29, 1.82) is 0 Å². The second-order valence-corrected chi connectivity index (χ2v) is 7.50. The molecule has 1 aliphatic heterocycles. The van der Waals surface area contributed by atoms with Gasteiger partial charge in [-0.2, -0.15) is 0 Å². The molecule has 158 valence electrons. The maximum absolute atomic E-state index is 12.6. The number of amides is 3. The van der Waals surface area contributed by atoms with E-state index in [1.165, 1.54) is 10.5 Å². The number of anilines is 1. The molecule has 1 aliphatic rings. The molecule has 1 heterocycles. The number of carbonyl (C=O) groups is 3. The Kier molecular flexibility index (Phi) is 6.84. The van der Waals surface area contributed by atoms with Crippen LogP contribution in [0.5, 0.6) is 0 Å². The lowest BCUT2D eigenvalue weighted by Crippen LogP contribution is -2.49. The summed E-state index contributed by atoms with van der Waals surface area (Å²) in [5.41, 5.74) is 2.75. The van der Waals surface area contributed by atoms with E-state index in [0.717, 1.165) is 12.0 Å². The van der Waals surface area contributed by atoms with Gasteiger partial charge in [-0.3, -0.25) is 14.4 Å². The summed E-state index contributed by atoms with van der Waals surface area (Å²) >= 11 is 0. The Morgan fingerprint density at radius 1 is 0.933 bits per heavy atom. The van der Waals surface area contributed by atoms with Gasteiger partial charge in [0.2, 0.25) is 5.91 Å². The number of nitrogens with zero attached hydrogens (tertiary/aromatic N) is 1. The molecule has 0 aromatic heterocycles. The molecule has 0 radical (unpaired) electrons. The molecule has 0 saturated carbocycles. The van der Waals surface area contributed by atoms with Gasteiger partial charge >= 0.3 is 0 Å². The highest BCUT2D eigenvalue weighted by molar-refractivity contribution is 6.02.